The first-order chi connectivity index (χ1) is 11.6. The van der Waals surface area contributed by atoms with Gasteiger partial charge in [-0.2, -0.15) is 5.10 Å². The molecule has 1 amide bonds. The third-order valence-electron chi connectivity index (χ3n) is 2.73. The number of ether oxygens (including phenoxy) is 2. The number of halogens is 1. The van der Waals surface area contributed by atoms with E-state index in [1.807, 2.05) is 6.07 Å². The largest absolute Gasteiger partial charge is 0.493 e. The van der Waals surface area contributed by atoms with Gasteiger partial charge in [-0.05, 0) is 39.7 Å². The number of hydrazone groups is 1. The van der Waals surface area contributed by atoms with E-state index in [0.29, 0.717) is 16.7 Å². The number of rotatable bonds is 7. The maximum absolute atomic E-state index is 11.7. The number of thioether (sulfide) groups is 1. The highest BCUT2D eigenvalue weighted by Gasteiger charge is 2.09. The molecule has 1 heterocycles. The SMILES string of the molecule is COc1cc(/C=N\NC(=O)CSc2ncccn2)cc(Br)c1OC. The molecule has 0 fully saturated rings. The highest BCUT2D eigenvalue weighted by Crippen LogP contribution is 2.35. The summed E-state index contributed by atoms with van der Waals surface area (Å²) >= 11 is 4.64. The highest BCUT2D eigenvalue weighted by molar-refractivity contribution is 9.10. The standard InChI is InChI=1S/C15H15BrN4O3S/c1-22-12-7-10(6-11(16)14(12)23-2)8-19-20-13(21)9-24-15-17-4-3-5-18-15/h3-8H,9H2,1-2H3,(H,20,21)/b19-8-. The molecule has 9 heteroatoms. The van der Waals surface area contributed by atoms with Crippen LogP contribution in [0.5, 0.6) is 11.5 Å². The van der Waals surface area contributed by atoms with Crippen LogP contribution in [0, 0.1) is 0 Å². The minimum atomic E-state index is -0.247. The van der Waals surface area contributed by atoms with Crippen LogP contribution in [0.15, 0.2) is 45.3 Å². The Kier molecular flexibility index (Phi) is 7.01. The first kappa shape index (κ1) is 18.2. The molecule has 1 aromatic carbocycles. The normalized spacial score (nSPS) is 10.6. The van der Waals surface area contributed by atoms with E-state index in [1.165, 1.54) is 18.0 Å². The minimum Gasteiger partial charge on any atom is -0.493 e. The molecule has 0 saturated carbocycles. The second-order valence-corrected chi connectivity index (χ2v) is 6.15. The Morgan fingerprint density at radius 2 is 2.08 bits per heavy atom. The predicted molar refractivity (Wildman–Crippen MR) is 95.7 cm³/mol. The number of hydrogen-bond donors (Lipinski definition) is 1. The predicted octanol–water partition coefficient (Wildman–Crippen LogP) is 2.50. The number of hydrogen-bond acceptors (Lipinski definition) is 7. The van der Waals surface area contributed by atoms with Crippen molar-refractivity contribution < 1.29 is 14.3 Å². The summed E-state index contributed by atoms with van der Waals surface area (Å²) in [5.74, 6) is 1.09. The molecule has 1 aromatic heterocycles. The zero-order valence-corrected chi connectivity index (χ0v) is 15.4. The molecule has 0 aliphatic heterocycles. The summed E-state index contributed by atoms with van der Waals surface area (Å²) in [5.41, 5.74) is 3.20. The Morgan fingerprint density at radius 1 is 1.33 bits per heavy atom. The fourth-order valence-electron chi connectivity index (χ4n) is 1.71. The van der Waals surface area contributed by atoms with Crippen LogP contribution in [-0.4, -0.2) is 42.1 Å². The second-order valence-electron chi connectivity index (χ2n) is 4.35. The molecule has 0 radical (unpaired) electrons. The van der Waals surface area contributed by atoms with Crippen molar-refractivity contribution in [3.8, 4) is 11.5 Å². The third kappa shape index (κ3) is 5.20. The van der Waals surface area contributed by atoms with Crippen LogP contribution < -0.4 is 14.9 Å². The van der Waals surface area contributed by atoms with Crippen LogP contribution in [-0.2, 0) is 4.79 Å². The lowest BCUT2D eigenvalue weighted by Gasteiger charge is -2.10. The first-order valence-corrected chi connectivity index (χ1v) is 8.55. The molecule has 0 atom stereocenters. The first-order valence-electron chi connectivity index (χ1n) is 6.77. The molecule has 2 aromatic rings. The summed E-state index contributed by atoms with van der Waals surface area (Å²) in [6, 6.07) is 5.28. The number of carbonyl (C=O) groups excluding carboxylic acids is 1. The average molecular weight is 411 g/mol. The minimum absolute atomic E-state index is 0.178. The van der Waals surface area contributed by atoms with Gasteiger partial charge in [-0.15, -0.1) is 0 Å². The van der Waals surface area contributed by atoms with Crippen molar-refractivity contribution in [1.29, 1.82) is 0 Å². The summed E-state index contributed by atoms with van der Waals surface area (Å²) in [6.45, 7) is 0. The molecular weight excluding hydrogens is 396 g/mol. The van der Waals surface area contributed by atoms with Gasteiger partial charge in [-0.1, -0.05) is 11.8 Å². The van der Waals surface area contributed by atoms with Crippen LogP contribution in [0.25, 0.3) is 0 Å². The number of nitrogens with one attached hydrogen (secondary N) is 1. The lowest BCUT2D eigenvalue weighted by molar-refractivity contribution is -0.118. The van der Waals surface area contributed by atoms with E-state index in [4.69, 9.17) is 9.47 Å². The summed E-state index contributed by atoms with van der Waals surface area (Å²) in [6.07, 6.45) is 4.77. The van der Waals surface area contributed by atoms with Gasteiger partial charge in [0.2, 0.25) is 0 Å². The number of amides is 1. The van der Waals surface area contributed by atoms with Gasteiger partial charge in [0.15, 0.2) is 16.7 Å². The number of nitrogens with zero attached hydrogens (tertiary/aromatic N) is 3. The van der Waals surface area contributed by atoms with Crippen molar-refractivity contribution >= 4 is 39.8 Å². The van der Waals surface area contributed by atoms with E-state index in [0.717, 1.165) is 10.0 Å². The zero-order chi connectivity index (χ0) is 17.4. The van der Waals surface area contributed by atoms with Gasteiger partial charge in [-0.3, -0.25) is 4.79 Å². The molecule has 24 heavy (non-hydrogen) atoms. The van der Waals surface area contributed by atoms with Gasteiger partial charge < -0.3 is 9.47 Å². The molecular formula is C15H15BrN4O3S. The van der Waals surface area contributed by atoms with Gasteiger partial charge in [-0.25, -0.2) is 15.4 Å². The quantitative estimate of drug-likeness (QED) is 0.326. The summed E-state index contributed by atoms with van der Waals surface area (Å²) in [4.78, 5) is 19.8. The molecule has 2 rings (SSSR count). The molecule has 126 valence electrons. The Hall–Kier alpha value is -2.13. The molecule has 0 saturated heterocycles. The third-order valence-corrected chi connectivity index (χ3v) is 4.20. The Morgan fingerprint density at radius 3 is 2.75 bits per heavy atom. The van der Waals surface area contributed by atoms with Crippen LogP contribution in [0.2, 0.25) is 0 Å². The highest BCUT2D eigenvalue weighted by atomic mass is 79.9. The van der Waals surface area contributed by atoms with Gasteiger partial charge in [0.05, 0.1) is 30.7 Å². The van der Waals surface area contributed by atoms with Gasteiger partial charge in [0, 0.05) is 12.4 Å². The molecule has 0 unspecified atom stereocenters. The summed E-state index contributed by atoms with van der Waals surface area (Å²) in [5, 5.41) is 4.47. The number of aromatic nitrogens is 2. The van der Waals surface area contributed by atoms with E-state index < -0.39 is 0 Å². The van der Waals surface area contributed by atoms with Crippen molar-refractivity contribution in [2.75, 3.05) is 20.0 Å². The lowest BCUT2D eigenvalue weighted by Crippen LogP contribution is -2.19. The average Bonchev–Trinajstić information content (AvgIpc) is 2.60. The Bertz CT molecular complexity index is 728. The van der Waals surface area contributed by atoms with Crippen LogP contribution in [0.1, 0.15) is 5.56 Å². The lowest BCUT2D eigenvalue weighted by atomic mass is 10.2. The van der Waals surface area contributed by atoms with Crippen LogP contribution in [0.3, 0.4) is 0 Å². The summed E-state index contributed by atoms with van der Waals surface area (Å²) < 4.78 is 11.2. The van der Waals surface area contributed by atoms with Crippen molar-refractivity contribution in [1.82, 2.24) is 15.4 Å². The zero-order valence-electron chi connectivity index (χ0n) is 13.0. The van der Waals surface area contributed by atoms with Crippen LogP contribution >= 0.6 is 27.7 Å². The molecule has 0 aliphatic carbocycles. The maximum atomic E-state index is 11.7. The summed E-state index contributed by atoms with van der Waals surface area (Å²) in [7, 11) is 3.11. The van der Waals surface area contributed by atoms with Crippen molar-refractivity contribution in [3.63, 3.8) is 0 Å². The Labute approximate surface area is 152 Å². The Balaban J connectivity index is 1.91. The van der Waals surface area contributed by atoms with Gasteiger partial charge in [0.25, 0.3) is 5.91 Å². The fraction of sp³-hybridized carbons (Fsp3) is 0.200. The van der Waals surface area contributed by atoms with Gasteiger partial charge >= 0.3 is 0 Å². The van der Waals surface area contributed by atoms with E-state index in [-0.39, 0.29) is 11.7 Å². The second kappa shape index (κ2) is 9.24. The molecule has 0 bridgehead atoms. The monoisotopic (exact) mass is 410 g/mol. The number of benzene rings is 1. The molecule has 1 N–H and O–H groups in total. The van der Waals surface area contributed by atoms with E-state index >= 15 is 0 Å². The molecule has 0 spiro atoms. The van der Waals surface area contributed by atoms with Crippen LogP contribution in [0.4, 0.5) is 0 Å². The smallest absolute Gasteiger partial charge is 0.250 e. The fourth-order valence-corrected chi connectivity index (χ4v) is 2.93. The van der Waals surface area contributed by atoms with E-state index in [1.54, 1.807) is 38.7 Å². The van der Waals surface area contributed by atoms with Crippen molar-refractivity contribution in [3.05, 3.63) is 40.6 Å². The maximum Gasteiger partial charge on any atom is 0.250 e. The molecule has 7 nitrogen and oxygen atoms in total. The number of methoxy groups -OCH3 is 2. The van der Waals surface area contributed by atoms with Crippen molar-refractivity contribution in [2.45, 2.75) is 5.16 Å². The number of carbonyl (C=O) groups is 1. The van der Waals surface area contributed by atoms with Gasteiger partial charge in [0.1, 0.15) is 0 Å². The molecule has 0 aliphatic rings. The van der Waals surface area contributed by atoms with E-state index in [9.17, 15) is 4.79 Å². The van der Waals surface area contributed by atoms with E-state index in [2.05, 4.69) is 36.4 Å². The van der Waals surface area contributed by atoms with Crippen molar-refractivity contribution in [2.24, 2.45) is 5.10 Å². The topological polar surface area (TPSA) is 85.7 Å².